The van der Waals surface area contributed by atoms with Crippen LogP contribution in [0.1, 0.15) is 5.69 Å². The van der Waals surface area contributed by atoms with Crippen LogP contribution in [-0.4, -0.2) is 64.6 Å². The number of carboxylic acids is 1. The molecule has 4 N–H and O–H groups in total. The highest BCUT2D eigenvalue weighted by atomic mass is 16.4. The molecule has 0 aliphatic carbocycles. The van der Waals surface area contributed by atoms with Crippen molar-refractivity contribution in [2.24, 2.45) is 0 Å². The summed E-state index contributed by atoms with van der Waals surface area (Å²) in [7, 11) is 3.11. The molecule has 0 spiro atoms. The Hall–Kier alpha value is -2.58. The van der Waals surface area contributed by atoms with Crippen LogP contribution in [0.5, 0.6) is 0 Å². The number of aliphatic carboxylic acids is 1. The van der Waals surface area contributed by atoms with Crippen LogP contribution in [0.15, 0.2) is 12.5 Å². The Kier molecular flexibility index (Phi) is 5.51. The number of nitrogens with zero attached hydrogens (tertiary/aromatic N) is 2. The van der Waals surface area contributed by atoms with Gasteiger partial charge >= 0.3 is 12.0 Å². The standard InChI is InChI=1S/C11H17N5O4/c1-16(2)9(17)5-13-11(20)15-8(10(18)19)3-7-4-12-6-14-7/h4,6,8H,3,5H2,1-2H3,(H,12,14)(H,18,19)(H2,13,15,20)/t8-/m0/s1. The molecule has 20 heavy (non-hydrogen) atoms. The molecule has 9 nitrogen and oxygen atoms in total. The summed E-state index contributed by atoms with van der Waals surface area (Å²) in [5.41, 5.74) is 0.585. The lowest BCUT2D eigenvalue weighted by molar-refractivity contribution is -0.139. The van der Waals surface area contributed by atoms with Gasteiger partial charge in [-0.3, -0.25) is 4.79 Å². The van der Waals surface area contributed by atoms with Gasteiger partial charge in [0.1, 0.15) is 6.04 Å². The zero-order valence-corrected chi connectivity index (χ0v) is 11.2. The number of rotatable bonds is 6. The number of urea groups is 1. The summed E-state index contributed by atoms with van der Waals surface area (Å²) in [5.74, 6) is -1.46. The summed E-state index contributed by atoms with van der Waals surface area (Å²) in [6.45, 7) is -0.199. The molecular formula is C11H17N5O4. The number of H-pyrrole nitrogens is 1. The minimum absolute atomic E-state index is 0.0738. The molecule has 0 saturated heterocycles. The maximum absolute atomic E-state index is 11.5. The average Bonchev–Trinajstić information content (AvgIpc) is 2.87. The number of carbonyl (C=O) groups is 3. The second-order valence-electron chi connectivity index (χ2n) is 4.29. The van der Waals surface area contributed by atoms with Gasteiger partial charge in [-0.1, -0.05) is 0 Å². The van der Waals surface area contributed by atoms with Crippen LogP contribution < -0.4 is 10.6 Å². The third-order valence-electron chi connectivity index (χ3n) is 2.48. The van der Waals surface area contributed by atoms with Crippen molar-refractivity contribution in [3.8, 4) is 0 Å². The molecule has 0 fully saturated rings. The van der Waals surface area contributed by atoms with Crippen LogP contribution in [0.2, 0.25) is 0 Å². The fourth-order valence-electron chi connectivity index (χ4n) is 1.34. The molecule has 9 heteroatoms. The van der Waals surface area contributed by atoms with E-state index in [0.29, 0.717) is 5.69 Å². The first-order valence-corrected chi connectivity index (χ1v) is 5.84. The first-order valence-electron chi connectivity index (χ1n) is 5.84. The van der Waals surface area contributed by atoms with Crippen LogP contribution in [0.25, 0.3) is 0 Å². The monoisotopic (exact) mass is 283 g/mol. The predicted molar refractivity (Wildman–Crippen MR) is 68.9 cm³/mol. The molecule has 0 aliphatic rings. The van der Waals surface area contributed by atoms with Crippen LogP contribution in [-0.2, 0) is 16.0 Å². The lowest BCUT2D eigenvalue weighted by Crippen LogP contribution is -2.49. The molecule has 110 valence electrons. The maximum atomic E-state index is 11.5. The first-order chi connectivity index (χ1) is 9.40. The van der Waals surface area contributed by atoms with E-state index < -0.39 is 18.0 Å². The number of aromatic amines is 1. The first kappa shape index (κ1) is 15.5. The third-order valence-corrected chi connectivity index (χ3v) is 2.48. The van der Waals surface area contributed by atoms with Crippen LogP contribution in [0.4, 0.5) is 4.79 Å². The summed E-state index contributed by atoms with van der Waals surface area (Å²) in [6.07, 6.45) is 2.97. The van der Waals surface area contributed by atoms with E-state index in [1.54, 1.807) is 14.1 Å². The normalized spacial score (nSPS) is 11.5. The third kappa shape index (κ3) is 4.96. The quantitative estimate of drug-likeness (QED) is 0.521. The van der Waals surface area contributed by atoms with Gasteiger partial charge < -0.3 is 25.6 Å². The number of aromatic nitrogens is 2. The summed E-state index contributed by atoms with van der Waals surface area (Å²) in [4.78, 5) is 41.7. The largest absolute Gasteiger partial charge is 0.480 e. The van der Waals surface area contributed by atoms with Crippen molar-refractivity contribution in [2.75, 3.05) is 20.6 Å². The molecule has 1 heterocycles. The molecular weight excluding hydrogens is 266 g/mol. The van der Waals surface area contributed by atoms with E-state index in [-0.39, 0.29) is 18.9 Å². The van der Waals surface area contributed by atoms with Crippen LogP contribution in [0.3, 0.4) is 0 Å². The summed E-state index contributed by atoms with van der Waals surface area (Å²) in [5, 5.41) is 13.6. The molecule has 0 saturated carbocycles. The Morgan fingerprint density at radius 2 is 2.15 bits per heavy atom. The number of hydrogen-bond donors (Lipinski definition) is 4. The van der Waals surface area contributed by atoms with Crippen molar-refractivity contribution < 1.29 is 19.5 Å². The van der Waals surface area contributed by atoms with Crippen molar-refractivity contribution >= 4 is 17.9 Å². The minimum Gasteiger partial charge on any atom is -0.480 e. The fraction of sp³-hybridized carbons (Fsp3) is 0.455. The van der Waals surface area contributed by atoms with E-state index >= 15 is 0 Å². The Bertz CT molecular complexity index is 471. The number of amides is 3. The Labute approximate surface area is 115 Å². The maximum Gasteiger partial charge on any atom is 0.326 e. The number of carbonyl (C=O) groups excluding carboxylic acids is 2. The van der Waals surface area contributed by atoms with Gasteiger partial charge in [-0.25, -0.2) is 14.6 Å². The van der Waals surface area contributed by atoms with Crippen LogP contribution >= 0.6 is 0 Å². The number of carboxylic acid groups (broad SMARTS) is 1. The van der Waals surface area contributed by atoms with Gasteiger partial charge in [0.05, 0.1) is 12.9 Å². The van der Waals surface area contributed by atoms with Gasteiger partial charge in [0.15, 0.2) is 0 Å². The van der Waals surface area contributed by atoms with Crippen molar-refractivity contribution in [1.29, 1.82) is 0 Å². The van der Waals surface area contributed by atoms with Crippen molar-refractivity contribution in [3.05, 3.63) is 18.2 Å². The Morgan fingerprint density at radius 1 is 1.45 bits per heavy atom. The molecule has 0 unspecified atom stereocenters. The van der Waals surface area contributed by atoms with Crippen LogP contribution in [0, 0.1) is 0 Å². The molecule has 1 aromatic rings. The SMILES string of the molecule is CN(C)C(=O)CNC(=O)N[C@@H](Cc1cnc[nH]1)C(=O)O. The molecule has 0 bridgehead atoms. The highest BCUT2D eigenvalue weighted by molar-refractivity contribution is 5.86. The van der Waals surface area contributed by atoms with Gasteiger partial charge in [-0.2, -0.15) is 0 Å². The highest BCUT2D eigenvalue weighted by Gasteiger charge is 2.21. The van der Waals surface area contributed by atoms with Gasteiger partial charge in [0.2, 0.25) is 5.91 Å². The highest BCUT2D eigenvalue weighted by Crippen LogP contribution is 1.98. The molecule has 1 aromatic heterocycles. The lowest BCUT2D eigenvalue weighted by Gasteiger charge is -2.15. The van der Waals surface area contributed by atoms with Gasteiger partial charge in [-0.15, -0.1) is 0 Å². The Balaban J connectivity index is 2.47. The zero-order chi connectivity index (χ0) is 15.1. The predicted octanol–water partition coefficient (Wildman–Crippen LogP) is -1.21. The van der Waals surface area contributed by atoms with E-state index in [2.05, 4.69) is 20.6 Å². The van der Waals surface area contributed by atoms with E-state index in [0.717, 1.165) is 0 Å². The average molecular weight is 283 g/mol. The molecule has 0 aliphatic heterocycles. The van der Waals surface area contributed by atoms with E-state index in [1.807, 2.05) is 0 Å². The van der Waals surface area contributed by atoms with Gasteiger partial charge in [0, 0.05) is 32.4 Å². The second-order valence-corrected chi connectivity index (χ2v) is 4.29. The Morgan fingerprint density at radius 3 is 2.65 bits per heavy atom. The van der Waals surface area contributed by atoms with Gasteiger partial charge in [-0.05, 0) is 0 Å². The van der Waals surface area contributed by atoms with Gasteiger partial charge in [0.25, 0.3) is 0 Å². The molecule has 1 atom stereocenters. The van der Waals surface area contributed by atoms with E-state index in [9.17, 15) is 14.4 Å². The smallest absolute Gasteiger partial charge is 0.326 e. The molecule has 3 amide bonds. The minimum atomic E-state index is -1.17. The lowest BCUT2D eigenvalue weighted by atomic mass is 10.2. The summed E-state index contributed by atoms with van der Waals surface area (Å²) >= 11 is 0. The molecule has 0 aromatic carbocycles. The van der Waals surface area contributed by atoms with Crippen molar-refractivity contribution in [3.63, 3.8) is 0 Å². The van der Waals surface area contributed by atoms with E-state index in [1.165, 1.54) is 17.4 Å². The number of likely N-dealkylation sites (N-methyl/N-ethyl adjacent to an activating group) is 1. The summed E-state index contributed by atoms with van der Waals surface area (Å²) < 4.78 is 0. The number of nitrogens with one attached hydrogen (secondary N) is 3. The zero-order valence-electron chi connectivity index (χ0n) is 11.2. The van der Waals surface area contributed by atoms with E-state index in [4.69, 9.17) is 5.11 Å². The number of imidazole rings is 1. The fourth-order valence-corrected chi connectivity index (χ4v) is 1.34. The van der Waals surface area contributed by atoms with Crippen molar-refractivity contribution in [1.82, 2.24) is 25.5 Å². The van der Waals surface area contributed by atoms with Crippen molar-refractivity contribution in [2.45, 2.75) is 12.5 Å². The second kappa shape index (κ2) is 7.12. The number of hydrogen-bond acceptors (Lipinski definition) is 4. The molecule has 1 rings (SSSR count). The molecule has 0 radical (unpaired) electrons. The summed E-state index contributed by atoms with van der Waals surface area (Å²) in [6, 6.07) is -1.82. The topological polar surface area (TPSA) is 127 Å².